The number of aryl methyl sites for hydroxylation is 1. The number of thioether (sulfide) groups is 1. The molecule has 1 saturated heterocycles. The van der Waals surface area contributed by atoms with E-state index in [2.05, 4.69) is 0 Å². The van der Waals surface area contributed by atoms with E-state index in [0.29, 0.717) is 4.91 Å². The quantitative estimate of drug-likeness (QED) is 0.787. The number of hydrogen-bond donors (Lipinski definition) is 0. The molecule has 1 fully saturated rings. The summed E-state index contributed by atoms with van der Waals surface area (Å²) in [5.74, 6) is -0.175. The van der Waals surface area contributed by atoms with Gasteiger partial charge in [0.15, 0.2) is 0 Å². The van der Waals surface area contributed by atoms with Gasteiger partial charge < -0.3 is 0 Å². The summed E-state index contributed by atoms with van der Waals surface area (Å²) in [7, 11) is 0. The first-order valence-electron chi connectivity index (χ1n) is 6.36. The van der Waals surface area contributed by atoms with Crippen molar-refractivity contribution >= 4 is 29.0 Å². The van der Waals surface area contributed by atoms with Crippen molar-refractivity contribution in [2.24, 2.45) is 0 Å². The molecule has 0 aromatic heterocycles. The number of benzene rings is 1. The van der Waals surface area contributed by atoms with Crippen LogP contribution >= 0.6 is 11.8 Å². The maximum absolute atomic E-state index is 12.2. The highest BCUT2D eigenvalue weighted by Crippen LogP contribution is 2.34. The SMILES string of the molecule is CC[C@H](C)N1C(=O)S/C(=C/c2cccc(C)c2)C1=O. The first kappa shape index (κ1) is 13.9. The van der Waals surface area contributed by atoms with Gasteiger partial charge in [0, 0.05) is 6.04 Å². The van der Waals surface area contributed by atoms with E-state index in [1.165, 1.54) is 4.90 Å². The Morgan fingerprint density at radius 3 is 2.74 bits per heavy atom. The summed E-state index contributed by atoms with van der Waals surface area (Å²) >= 11 is 1.02. The van der Waals surface area contributed by atoms with Crippen LogP contribution in [0.5, 0.6) is 0 Å². The van der Waals surface area contributed by atoms with Crippen molar-refractivity contribution < 1.29 is 9.59 Å². The summed E-state index contributed by atoms with van der Waals surface area (Å²) in [6.07, 6.45) is 2.57. The molecule has 1 heterocycles. The highest BCUT2D eigenvalue weighted by atomic mass is 32.2. The van der Waals surface area contributed by atoms with Gasteiger partial charge in [-0.15, -0.1) is 0 Å². The fraction of sp³-hybridized carbons (Fsp3) is 0.333. The van der Waals surface area contributed by atoms with E-state index in [-0.39, 0.29) is 17.2 Å². The maximum Gasteiger partial charge on any atom is 0.293 e. The minimum absolute atomic E-state index is 0.0455. The molecule has 4 heteroatoms. The topological polar surface area (TPSA) is 37.4 Å². The highest BCUT2D eigenvalue weighted by molar-refractivity contribution is 8.18. The Morgan fingerprint density at radius 2 is 2.11 bits per heavy atom. The third-order valence-electron chi connectivity index (χ3n) is 3.20. The molecule has 2 amide bonds. The number of imide groups is 1. The lowest BCUT2D eigenvalue weighted by molar-refractivity contribution is -0.124. The van der Waals surface area contributed by atoms with E-state index in [1.54, 1.807) is 6.08 Å². The molecule has 100 valence electrons. The molecule has 0 spiro atoms. The van der Waals surface area contributed by atoms with Crippen LogP contribution in [0.1, 0.15) is 31.4 Å². The fourth-order valence-corrected chi connectivity index (χ4v) is 2.88. The summed E-state index contributed by atoms with van der Waals surface area (Å²) < 4.78 is 0. The zero-order valence-electron chi connectivity index (χ0n) is 11.3. The molecule has 1 aromatic carbocycles. The summed E-state index contributed by atoms with van der Waals surface area (Å²) in [5.41, 5.74) is 2.09. The second-order valence-corrected chi connectivity index (χ2v) is 5.72. The Labute approximate surface area is 117 Å². The number of amides is 2. The van der Waals surface area contributed by atoms with E-state index in [9.17, 15) is 9.59 Å². The first-order valence-corrected chi connectivity index (χ1v) is 7.18. The Bertz CT molecular complexity index is 551. The van der Waals surface area contributed by atoms with Crippen LogP contribution in [0.25, 0.3) is 6.08 Å². The Morgan fingerprint density at radius 1 is 1.37 bits per heavy atom. The Balaban J connectivity index is 2.28. The van der Waals surface area contributed by atoms with E-state index in [1.807, 2.05) is 45.0 Å². The van der Waals surface area contributed by atoms with Gasteiger partial charge in [-0.3, -0.25) is 14.5 Å². The molecule has 0 unspecified atom stereocenters. The predicted octanol–water partition coefficient (Wildman–Crippen LogP) is 3.83. The second kappa shape index (κ2) is 5.61. The van der Waals surface area contributed by atoms with E-state index < -0.39 is 0 Å². The van der Waals surface area contributed by atoms with E-state index in [4.69, 9.17) is 0 Å². The lowest BCUT2D eigenvalue weighted by Crippen LogP contribution is -2.36. The van der Waals surface area contributed by atoms with Crippen molar-refractivity contribution in [3.63, 3.8) is 0 Å². The van der Waals surface area contributed by atoms with Crippen molar-refractivity contribution in [2.75, 3.05) is 0 Å². The van der Waals surface area contributed by atoms with Crippen LogP contribution in [0, 0.1) is 6.92 Å². The molecule has 0 radical (unpaired) electrons. The fourth-order valence-electron chi connectivity index (χ4n) is 1.95. The third kappa shape index (κ3) is 2.89. The van der Waals surface area contributed by atoms with Crippen LogP contribution in [-0.2, 0) is 4.79 Å². The van der Waals surface area contributed by atoms with E-state index >= 15 is 0 Å². The smallest absolute Gasteiger partial charge is 0.268 e. The van der Waals surface area contributed by atoms with Gasteiger partial charge >= 0.3 is 0 Å². The summed E-state index contributed by atoms with van der Waals surface area (Å²) in [5, 5.41) is -0.168. The third-order valence-corrected chi connectivity index (χ3v) is 4.08. The van der Waals surface area contributed by atoms with Crippen LogP contribution < -0.4 is 0 Å². The number of nitrogens with zero attached hydrogens (tertiary/aromatic N) is 1. The summed E-state index contributed by atoms with van der Waals surface area (Å²) in [4.78, 5) is 26.0. The Hall–Kier alpha value is -1.55. The lowest BCUT2D eigenvalue weighted by atomic mass is 10.1. The van der Waals surface area contributed by atoms with Gasteiger partial charge in [-0.1, -0.05) is 36.8 Å². The van der Waals surface area contributed by atoms with Gasteiger partial charge in [0.1, 0.15) is 0 Å². The Kier molecular flexibility index (Phi) is 4.10. The van der Waals surface area contributed by atoms with Gasteiger partial charge in [-0.05, 0) is 43.7 Å². The molecule has 19 heavy (non-hydrogen) atoms. The van der Waals surface area contributed by atoms with Gasteiger partial charge in [0.05, 0.1) is 4.91 Å². The van der Waals surface area contributed by atoms with Gasteiger partial charge in [0.25, 0.3) is 11.1 Å². The summed E-state index contributed by atoms with van der Waals surface area (Å²) in [6, 6.07) is 7.83. The normalized spacial score (nSPS) is 19.3. The molecule has 1 aliphatic heterocycles. The zero-order chi connectivity index (χ0) is 14.0. The van der Waals surface area contributed by atoms with Crippen LogP contribution in [-0.4, -0.2) is 22.1 Å². The predicted molar refractivity (Wildman–Crippen MR) is 78.7 cm³/mol. The van der Waals surface area contributed by atoms with Crippen LogP contribution in [0.15, 0.2) is 29.2 Å². The van der Waals surface area contributed by atoms with Crippen molar-refractivity contribution in [3.8, 4) is 0 Å². The molecule has 0 N–H and O–H groups in total. The van der Waals surface area contributed by atoms with Gasteiger partial charge in [-0.2, -0.15) is 0 Å². The van der Waals surface area contributed by atoms with Crippen LogP contribution in [0.2, 0.25) is 0 Å². The maximum atomic E-state index is 12.2. The monoisotopic (exact) mass is 275 g/mol. The minimum atomic E-state index is -0.175. The minimum Gasteiger partial charge on any atom is -0.268 e. The molecule has 1 atom stereocenters. The molecule has 0 bridgehead atoms. The number of carbonyl (C=O) groups excluding carboxylic acids is 2. The molecule has 2 rings (SSSR count). The van der Waals surface area contributed by atoms with Gasteiger partial charge in [0.2, 0.25) is 0 Å². The largest absolute Gasteiger partial charge is 0.293 e. The lowest BCUT2D eigenvalue weighted by Gasteiger charge is -2.19. The standard InChI is InChI=1S/C15H17NO2S/c1-4-11(3)16-14(17)13(19-15(16)18)9-12-7-5-6-10(2)8-12/h5-9,11H,4H2,1-3H3/b13-9+/t11-/m0/s1. The van der Waals surface area contributed by atoms with Crippen molar-refractivity contribution in [2.45, 2.75) is 33.2 Å². The van der Waals surface area contributed by atoms with Gasteiger partial charge in [-0.25, -0.2) is 0 Å². The zero-order valence-corrected chi connectivity index (χ0v) is 12.2. The molecule has 1 aromatic rings. The first-order chi connectivity index (χ1) is 9.02. The molecular weight excluding hydrogens is 258 g/mol. The molecule has 0 aliphatic carbocycles. The van der Waals surface area contributed by atoms with Crippen LogP contribution in [0.4, 0.5) is 4.79 Å². The molecular formula is C15H17NO2S. The average molecular weight is 275 g/mol. The van der Waals surface area contributed by atoms with Crippen molar-refractivity contribution in [3.05, 3.63) is 40.3 Å². The average Bonchev–Trinajstić information content (AvgIpc) is 2.64. The number of carbonyl (C=O) groups is 2. The number of hydrogen-bond acceptors (Lipinski definition) is 3. The van der Waals surface area contributed by atoms with E-state index in [0.717, 1.165) is 29.3 Å². The molecule has 1 aliphatic rings. The highest BCUT2D eigenvalue weighted by Gasteiger charge is 2.37. The van der Waals surface area contributed by atoms with Crippen LogP contribution in [0.3, 0.4) is 0 Å². The summed E-state index contributed by atoms with van der Waals surface area (Å²) in [6.45, 7) is 5.87. The molecule has 3 nitrogen and oxygen atoms in total. The van der Waals surface area contributed by atoms with Crippen molar-refractivity contribution in [1.29, 1.82) is 0 Å². The van der Waals surface area contributed by atoms with Crippen molar-refractivity contribution in [1.82, 2.24) is 4.90 Å². The second-order valence-electron chi connectivity index (χ2n) is 4.72. The molecule has 0 saturated carbocycles. The number of rotatable bonds is 3.